The summed E-state index contributed by atoms with van der Waals surface area (Å²) in [6.07, 6.45) is 0. The van der Waals surface area contributed by atoms with E-state index in [0.717, 1.165) is 9.79 Å². The number of hydrogen-bond donors (Lipinski definition) is 2. The van der Waals surface area contributed by atoms with Crippen molar-refractivity contribution in [1.29, 1.82) is 0 Å². The van der Waals surface area contributed by atoms with Crippen LogP contribution in [-0.2, 0) is 0 Å². The Morgan fingerprint density at radius 3 is 1.10 bits per heavy atom. The van der Waals surface area contributed by atoms with Crippen LogP contribution >= 0.6 is 25.3 Å². The zero-order chi connectivity index (χ0) is 5.98. The van der Waals surface area contributed by atoms with Crippen molar-refractivity contribution in [1.82, 2.24) is 0 Å². The second-order valence-corrected chi connectivity index (χ2v) is 2.55. The van der Waals surface area contributed by atoms with Gasteiger partial charge in [0, 0.05) is 9.79 Å². The third-order valence-electron chi connectivity index (χ3n) is 0.850. The summed E-state index contributed by atoms with van der Waals surface area (Å²) in [4.78, 5) is 1.95. The van der Waals surface area contributed by atoms with Crippen LogP contribution in [0, 0.1) is 0 Å². The Bertz CT molecular complexity index is 153. The van der Waals surface area contributed by atoms with E-state index in [4.69, 9.17) is 0 Å². The molecule has 10 heavy (non-hydrogen) atoms. The molecule has 0 unspecified atom stereocenters. The average molecular weight is 222 g/mol. The van der Waals surface area contributed by atoms with E-state index in [9.17, 15) is 0 Å². The van der Waals surface area contributed by atoms with Gasteiger partial charge in [-0.2, -0.15) is 0 Å². The Labute approximate surface area is 158 Å². The summed E-state index contributed by atoms with van der Waals surface area (Å²) in [5.41, 5.74) is 0. The van der Waals surface area contributed by atoms with Crippen molar-refractivity contribution in [2.24, 2.45) is 0 Å². The molecular formula is C6H8K2S2. The number of hydrogen-bond acceptors (Lipinski definition) is 2. The number of thiol groups is 2. The van der Waals surface area contributed by atoms with Crippen molar-refractivity contribution < 1.29 is 0 Å². The maximum absolute atomic E-state index is 4.10. The summed E-state index contributed by atoms with van der Waals surface area (Å²) < 4.78 is 0. The summed E-state index contributed by atoms with van der Waals surface area (Å²) in [6, 6.07) is 7.63. The van der Waals surface area contributed by atoms with Gasteiger partial charge in [0.05, 0.1) is 0 Å². The van der Waals surface area contributed by atoms with Crippen molar-refractivity contribution in [2.75, 3.05) is 0 Å². The topological polar surface area (TPSA) is 0 Å². The fourth-order valence-electron chi connectivity index (χ4n) is 0.453. The van der Waals surface area contributed by atoms with Gasteiger partial charge >= 0.3 is 103 Å². The van der Waals surface area contributed by atoms with Gasteiger partial charge in [0.2, 0.25) is 0 Å². The first kappa shape index (κ1) is 15.7. The van der Waals surface area contributed by atoms with E-state index in [-0.39, 0.29) is 103 Å². The van der Waals surface area contributed by atoms with E-state index in [1.807, 2.05) is 24.3 Å². The molecule has 0 aromatic heterocycles. The molecule has 0 amide bonds. The van der Waals surface area contributed by atoms with Gasteiger partial charge in [0.15, 0.2) is 0 Å². The summed E-state index contributed by atoms with van der Waals surface area (Å²) in [6.45, 7) is 0. The second kappa shape index (κ2) is 8.78. The van der Waals surface area contributed by atoms with Crippen LogP contribution in [0.25, 0.3) is 0 Å². The van der Waals surface area contributed by atoms with Crippen LogP contribution in [0.2, 0.25) is 0 Å². The first-order valence-electron chi connectivity index (χ1n) is 2.27. The fraction of sp³-hybridized carbons (Fsp3) is 0. The SMILES string of the molecule is Sc1ccc(S)cc1.[KH].[KH]. The first-order valence-corrected chi connectivity index (χ1v) is 3.16. The van der Waals surface area contributed by atoms with Crippen molar-refractivity contribution in [3.63, 3.8) is 0 Å². The molecule has 0 nitrogen and oxygen atoms in total. The molecule has 0 atom stereocenters. The summed E-state index contributed by atoms with van der Waals surface area (Å²) in [5.74, 6) is 0. The fourth-order valence-corrected chi connectivity index (χ4v) is 0.751. The van der Waals surface area contributed by atoms with Crippen LogP contribution in [0.15, 0.2) is 34.1 Å². The van der Waals surface area contributed by atoms with E-state index in [0.29, 0.717) is 0 Å². The van der Waals surface area contributed by atoms with Crippen LogP contribution in [0.3, 0.4) is 0 Å². The average Bonchev–Trinajstić information content (AvgIpc) is 1.77. The third-order valence-corrected chi connectivity index (χ3v) is 1.45. The molecule has 0 saturated heterocycles. The molecule has 0 aliphatic rings. The molecule has 0 bridgehead atoms. The van der Waals surface area contributed by atoms with Gasteiger partial charge < -0.3 is 0 Å². The van der Waals surface area contributed by atoms with Gasteiger partial charge in [-0.1, -0.05) is 0 Å². The quantitative estimate of drug-likeness (QED) is 0.474. The molecule has 0 heterocycles. The summed E-state index contributed by atoms with van der Waals surface area (Å²) >= 11 is 8.20. The maximum atomic E-state index is 4.10. The normalized spacial score (nSPS) is 7.40. The van der Waals surface area contributed by atoms with Crippen LogP contribution in [0.1, 0.15) is 0 Å². The predicted molar refractivity (Wildman–Crippen MR) is 55.2 cm³/mol. The molecule has 0 aliphatic carbocycles. The molecule has 0 fully saturated rings. The third kappa shape index (κ3) is 6.68. The molecule has 1 rings (SSSR count). The summed E-state index contributed by atoms with van der Waals surface area (Å²) in [7, 11) is 0. The van der Waals surface area contributed by atoms with Crippen LogP contribution in [0.4, 0.5) is 0 Å². The van der Waals surface area contributed by atoms with E-state index in [1.165, 1.54) is 0 Å². The van der Waals surface area contributed by atoms with Gasteiger partial charge in [0.25, 0.3) is 0 Å². The Morgan fingerprint density at radius 2 is 0.900 bits per heavy atom. The Hall–Kier alpha value is 3.19. The molecular weight excluding hydrogens is 214 g/mol. The summed E-state index contributed by atoms with van der Waals surface area (Å²) in [5, 5.41) is 0. The van der Waals surface area contributed by atoms with E-state index >= 15 is 0 Å². The van der Waals surface area contributed by atoms with Crippen molar-refractivity contribution in [2.45, 2.75) is 9.79 Å². The molecule has 4 heteroatoms. The molecule has 0 N–H and O–H groups in total. The minimum absolute atomic E-state index is 0. The van der Waals surface area contributed by atoms with Gasteiger partial charge in [-0.15, -0.1) is 25.3 Å². The molecule has 0 radical (unpaired) electrons. The molecule has 46 valence electrons. The van der Waals surface area contributed by atoms with Gasteiger partial charge in [-0.25, -0.2) is 0 Å². The molecule has 1 aromatic rings. The van der Waals surface area contributed by atoms with Crippen molar-refractivity contribution in [3.05, 3.63) is 24.3 Å². The van der Waals surface area contributed by atoms with Gasteiger partial charge in [0.1, 0.15) is 0 Å². The van der Waals surface area contributed by atoms with E-state index in [2.05, 4.69) is 25.3 Å². The standard InChI is InChI=1S/C6H6S2.2K.2H/c7-5-1-2-6(8)4-3-5;;;;/h1-4,7-8H;;;;. The van der Waals surface area contributed by atoms with Crippen LogP contribution in [-0.4, -0.2) is 103 Å². The molecule has 0 aliphatic heterocycles. The Morgan fingerprint density at radius 1 is 0.700 bits per heavy atom. The number of rotatable bonds is 0. The Kier molecular flexibility index (Phi) is 13.7. The monoisotopic (exact) mass is 222 g/mol. The minimum atomic E-state index is 0. The van der Waals surface area contributed by atoms with E-state index in [1.54, 1.807) is 0 Å². The Balaban J connectivity index is 0. The molecule has 0 spiro atoms. The van der Waals surface area contributed by atoms with Crippen molar-refractivity contribution >= 4 is 128 Å². The molecule has 1 aromatic carbocycles. The van der Waals surface area contributed by atoms with E-state index < -0.39 is 0 Å². The van der Waals surface area contributed by atoms with Gasteiger partial charge in [-0.05, 0) is 24.3 Å². The van der Waals surface area contributed by atoms with Crippen LogP contribution in [0.5, 0.6) is 0 Å². The first-order chi connectivity index (χ1) is 3.79. The van der Waals surface area contributed by atoms with Crippen LogP contribution < -0.4 is 0 Å². The van der Waals surface area contributed by atoms with Gasteiger partial charge in [-0.3, -0.25) is 0 Å². The zero-order valence-corrected chi connectivity index (χ0v) is 5.99. The predicted octanol–water partition coefficient (Wildman–Crippen LogP) is 0.967. The number of benzene rings is 1. The molecule has 0 saturated carbocycles. The second-order valence-electron chi connectivity index (χ2n) is 1.52. The zero-order valence-electron chi connectivity index (χ0n) is 4.20. The van der Waals surface area contributed by atoms with Crippen molar-refractivity contribution in [3.8, 4) is 0 Å².